The summed E-state index contributed by atoms with van der Waals surface area (Å²) in [5, 5.41) is 24.2. The summed E-state index contributed by atoms with van der Waals surface area (Å²) in [6.07, 6.45) is 3.17. The van der Waals surface area contributed by atoms with Crippen molar-refractivity contribution < 1.29 is 19.4 Å². The van der Waals surface area contributed by atoms with Crippen molar-refractivity contribution in [2.24, 2.45) is 0 Å². The third-order valence-corrected chi connectivity index (χ3v) is 8.76. The fourth-order valence-corrected chi connectivity index (χ4v) is 6.04. The maximum atomic E-state index is 12.8. The van der Waals surface area contributed by atoms with Gasteiger partial charge in [0.15, 0.2) is 11.5 Å². The van der Waals surface area contributed by atoms with Crippen molar-refractivity contribution in [3.05, 3.63) is 60.3 Å². The van der Waals surface area contributed by atoms with Crippen LogP contribution in [0.2, 0.25) is 0 Å². The van der Waals surface area contributed by atoms with Crippen molar-refractivity contribution in [2.75, 3.05) is 88.7 Å². The van der Waals surface area contributed by atoms with E-state index in [0.717, 1.165) is 54.2 Å². The van der Waals surface area contributed by atoms with Crippen LogP contribution in [0.25, 0.3) is 22.4 Å². The molecule has 2 saturated heterocycles. The molecule has 4 N–H and O–H groups in total. The zero-order valence-electron chi connectivity index (χ0n) is 27.6. The summed E-state index contributed by atoms with van der Waals surface area (Å²) in [7, 11) is 4.13. The molecule has 2 fully saturated rings. The highest BCUT2D eigenvalue weighted by Gasteiger charge is 2.27. The van der Waals surface area contributed by atoms with Gasteiger partial charge in [0.1, 0.15) is 5.82 Å². The summed E-state index contributed by atoms with van der Waals surface area (Å²) in [5.41, 5.74) is 4.09. The predicted molar refractivity (Wildman–Crippen MR) is 186 cm³/mol. The second kappa shape index (κ2) is 15.4. The number of benzene rings is 2. The molecule has 2 aromatic heterocycles. The topological polar surface area (TPSA) is 153 Å². The molecule has 14 heteroatoms. The van der Waals surface area contributed by atoms with Gasteiger partial charge in [-0.05, 0) is 81.9 Å². The van der Waals surface area contributed by atoms with Gasteiger partial charge >= 0.3 is 12.1 Å². The number of carbonyl (C=O) groups is 2. The molecule has 2 aromatic carbocycles. The SMILES string of the molecule is CN(C)CCNCCc1ccc(NC(=O)Nc2ccc(-c3nc(N4CCOCC4)c4cnn(C5CCN(C(=O)O)CC5)c4n3)cc2)cc1. The van der Waals surface area contributed by atoms with Gasteiger partial charge in [0, 0.05) is 56.2 Å². The van der Waals surface area contributed by atoms with Crippen LogP contribution in [0.5, 0.6) is 0 Å². The number of anilines is 3. The fourth-order valence-electron chi connectivity index (χ4n) is 6.04. The van der Waals surface area contributed by atoms with Gasteiger partial charge in [-0.3, -0.25) is 0 Å². The van der Waals surface area contributed by atoms with E-state index in [2.05, 4.69) is 39.8 Å². The molecule has 0 radical (unpaired) electrons. The number of ether oxygens (including phenoxy) is 1. The smallest absolute Gasteiger partial charge is 0.407 e. The van der Waals surface area contributed by atoms with E-state index in [4.69, 9.17) is 19.8 Å². The average molecular weight is 657 g/mol. The number of carboxylic acid groups (broad SMARTS) is 1. The molecule has 0 saturated carbocycles. The highest BCUT2D eigenvalue weighted by atomic mass is 16.5. The van der Waals surface area contributed by atoms with Gasteiger partial charge in [0.05, 0.1) is 30.8 Å². The Morgan fingerprint density at radius 2 is 1.58 bits per heavy atom. The third-order valence-electron chi connectivity index (χ3n) is 8.76. The third kappa shape index (κ3) is 8.19. The number of hydrogen-bond donors (Lipinski definition) is 4. The molecule has 4 heterocycles. The minimum Gasteiger partial charge on any atom is -0.465 e. The maximum absolute atomic E-state index is 12.8. The number of urea groups is 1. The normalized spacial score (nSPS) is 15.6. The summed E-state index contributed by atoms with van der Waals surface area (Å²) in [6.45, 7) is 6.43. The number of likely N-dealkylation sites (tertiary alicyclic amines) is 1. The number of rotatable bonds is 11. The first kappa shape index (κ1) is 33.1. The van der Waals surface area contributed by atoms with Crippen molar-refractivity contribution >= 4 is 40.4 Å². The van der Waals surface area contributed by atoms with Crippen LogP contribution in [-0.2, 0) is 11.2 Å². The van der Waals surface area contributed by atoms with Crippen LogP contribution in [0.1, 0.15) is 24.4 Å². The number of aromatic nitrogens is 4. The first-order valence-corrected chi connectivity index (χ1v) is 16.5. The minimum absolute atomic E-state index is 0.0368. The van der Waals surface area contributed by atoms with E-state index in [-0.39, 0.29) is 12.1 Å². The first-order valence-electron chi connectivity index (χ1n) is 16.5. The van der Waals surface area contributed by atoms with Gasteiger partial charge in [0.2, 0.25) is 0 Å². The maximum Gasteiger partial charge on any atom is 0.407 e. The van der Waals surface area contributed by atoms with Crippen molar-refractivity contribution in [3.8, 4) is 11.4 Å². The molecule has 4 aromatic rings. The number of amides is 3. The van der Waals surface area contributed by atoms with Crippen molar-refractivity contribution in [2.45, 2.75) is 25.3 Å². The highest BCUT2D eigenvalue weighted by Crippen LogP contribution is 2.32. The Kier molecular flexibility index (Phi) is 10.6. The van der Waals surface area contributed by atoms with E-state index < -0.39 is 6.09 Å². The number of nitrogens with one attached hydrogen (secondary N) is 3. The van der Waals surface area contributed by atoms with Gasteiger partial charge < -0.3 is 40.5 Å². The van der Waals surface area contributed by atoms with Crippen LogP contribution in [0.3, 0.4) is 0 Å². The second-order valence-electron chi connectivity index (χ2n) is 12.5. The predicted octanol–water partition coefficient (Wildman–Crippen LogP) is 3.98. The van der Waals surface area contributed by atoms with Crippen molar-refractivity contribution in [1.82, 2.24) is 34.9 Å². The zero-order chi connectivity index (χ0) is 33.5. The Morgan fingerprint density at radius 3 is 2.23 bits per heavy atom. The standard InChI is InChI=1S/C34H44N10O4/c1-41(2)18-15-35-14-11-24-3-7-26(8-4-24)37-33(45)38-27-9-5-25(6-10-27)30-39-31(42-19-21-48-22-20-42)29-23-36-44(32(29)40-30)28-12-16-43(17-13-28)34(46)47/h3-10,23,28,35H,11-22H2,1-2H3,(H,46,47)(H2,37,38,45). The summed E-state index contributed by atoms with van der Waals surface area (Å²) in [6, 6.07) is 15.1. The molecule has 6 rings (SSSR count). The Labute approximate surface area is 280 Å². The van der Waals surface area contributed by atoms with Crippen molar-refractivity contribution in [3.63, 3.8) is 0 Å². The lowest BCUT2D eigenvalue weighted by atomic mass is 10.1. The Hall–Kier alpha value is -4.79. The van der Waals surface area contributed by atoms with E-state index in [0.29, 0.717) is 63.7 Å². The Bertz CT molecular complexity index is 1680. The minimum atomic E-state index is -0.891. The molecular formula is C34H44N10O4. The van der Waals surface area contributed by atoms with Gasteiger partial charge in [0.25, 0.3) is 0 Å². The highest BCUT2D eigenvalue weighted by molar-refractivity contribution is 5.99. The molecule has 0 aliphatic carbocycles. The molecule has 2 aliphatic rings. The number of morpholine rings is 1. The number of hydrogen-bond acceptors (Lipinski definition) is 9. The molecule has 0 bridgehead atoms. The largest absolute Gasteiger partial charge is 0.465 e. The molecule has 0 unspecified atom stereocenters. The monoisotopic (exact) mass is 656 g/mol. The second-order valence-corrected chi connectivity index (χ2v) is 12.5. The molecule has 14 nitrogen and oxygen atoms in total. The Balaban J connectivity index is 1.13. The molecule has 3 amide bonds. The van der Waals surface area contributed by atoms with E-state index in [1.165, 1.54) is 10.5 Å². The summed E-state index contributed by atoms with van der Waals surface area (Å²) >= 11 is 0. The van der Waals surface area contributed by atoms with Crippen molar-refractivity contribution in [1.29, 1.82) is 0 Å². The first-order chi connectivity index (χ1) is 23.3. The van der Waals surface area contributed by atoms with Crippen LogP contribution < -0.4 is 20.9 Å². The van der Waals surface area contributed by atoms with Gasteiger partial charge in [-0.2, -0.15) is 5.10 Å². The molecule has 254 valence electrons. The Morgan fingerprint density at radius 1 is 0.917 bits per heavy atom. The van der Waals surface area contributed by atoms with Gasteiger partial charge in [-0.25, -0.2) is 24.2 Å². The lowest BCUT2D eigenvalue weighted by Crippen LogP contribution is -2.38. The summed E-state index contributed by atoms with van der Waals surface area (Å²) in [5.74, 6) is 1.36. The average Bonchev–Trinajstić information content (AvgIpc) is 3.53. The lowest BCUT2D eigenvalue weighted by molar-refractivity contribution is 0.122. The quantitative estimate of drug-likeness (QED) is 0.174. The van der Waals surface area contributed by atoms with Crippen LogP contribution in [-0.4, -0.2) is 120 Å². The molecular weight excluding hydrogens is 612 g/mol. The number of nitrogens with zero attached hydrogens (tertiary/aromatic N) is 7. The fraction of sp³-hybridized carbons (Fsp3) is 0.441. The molecule has 0 spiro atoms. The summed E-state index contributed by atoms with van der Waals surface area (Å²) < 4.78 is 7.52. The van der Waals surface area contributed by atoms with Gasteiger partial charge in [-0.1, -0.05) is 12.1 Å². The van der Waals surface area contributed by atoms with E-state index in [9.17, 15) is 14.7 Å². The summed E-state index contributed by atoms with van der Waals surface area (Å²) in [4.78, 5) is 40.0. The van der Waals surface area contributed by atoms with E-state index >= 15 is 0 Å². The number of fused-ring (bicyclic) bond motifs is 1. The van der Waals surface area contributed by atoms with Crippen LogP contribution >= 0.6 is 0 Å². The number of piperidine rings is 1. The number of likely N-dealkylation sites (N-methyl/N-ethyl adjacent to an activating group) is 1. The number of carbonyl (C=O) groups excluding carboxylic acids is 1. The van der Waals surface area contributed by atoms with Gasteiger partial charge in [-0.15, -0.1) is 0 Å². The van der Waals surface area contributed by atoms with E-state index in [1.807, 2.05) is 59.4 Å². The zero-order valence-corrected chi connectivity index (χ0v) is 27.6. The lowest BCUT2D eigenvalue weighted by Gasteiger charge is -2.30. The van der Waals surface area contributed by atoms with Crippen LogP contribution in [0.15, 0.2) is 54.7 Å². The molecule has 48 heavy (non-hydrogen) atoms. The van der Waals surface area contributed by atoms with Crippen LogP contribution in [0.4, 0.5) is 26.8 Å². The molecule has 2 aliphatic heterocycles. The molecule has 0 atom stereocenters. The van der Waals surface area contributed by atoms with E-state index in [1.54, 1.807) is 0 Å². The van der Waals surface area contributed by atoms with Crippen LogP contribution in [0, 0.1) is 0 Å².